The lowest BCUT2D eigenvalue weighted by Crippen LogP contribution is -2.46. The molecule has 0 atom stereocenters. The number of benzene rings is 1. The summed E-state index contributed by atoms with van der Waals surface area (Å²) in [5.74, 6) is -0.273. The van der Waals surface area contributed by atoms with Gasteiger partial charge in [-0.3, -0.25) is 14.4 Å². The fourth-order valence-electron chi connectivity index (χ4n) is 3.01. The highest BCUT2D eigenvalue weighted by Crippen LogP contribution is 2.18. The van der Waals surface area contributed by atoms with Gasteiger partial charge in [0.15, 0.2) is 0 Å². The highest BCUT2D eigenvalue weighted by molar-refractivity contribution is 7.12. The van der Waals surface area contributed by atoms with E-state index in [4.69, 9.17) is 0 Å². The zero-order valence-corrected chi connectivity index (χ0v) is 15.3. The van der Waals surface area contributed by atoms with Gasteiger partial charge in [-0.05, 0) is 42.5 Å². The molecule has 1 saturated heterocycles. The van der Waals surface area contributed by atoms with Crippen LogP contribution in [0.25, 0.3) is 0 Å². The number of amides is 3. The maximum Gasteiger partial charge on any atom is 0.261 e. The van der Waals surface area contributed by atoms with E-state index in [-0.39, 0.29) is 23.8 Å². The Kier molecular flexibility index (Phi) is 5.68. The van der Waals surface area contributed by atoms with Gasteiger partial charge in [-0.15, -0.1) is 11.3 Å². The Morgan fingerprint density at radius 3 is 2.54 bits per heavy atom. The highest BCUT2D eigenvalue weighted by atomic mass is 32.1. The maximum absolute atomic E-state index is 12.7. The van der Waals surface area contributed by atoms with Gasteiger partial charge in [0, 0.05) is 37.3 Å². The summed E-state index contributed by atoms with van der Waals surface area (Å²) >= 11 is 1.42. The number of nitrogens with zero attached hydrogens (tertiary/aromatic N) is 1. The van der Waals surface area contributed by atoms with Gasteiger partial charge in [0.1, 0.15) is 0 Å². The number of hydrogen-bond acceptors (Lipinski definition) is 4. The number of nitrogens with one attached hydrogen (secondary N) is 2. The zero-order chi connectivity index (χ0) is 18.5. The fourth-order valence-corrected chi connectivity index (χ4v) is 3.63. The average Bonchev–Trinajstić information content (AvgIpc) is 3.16. The first-order chi connectivity index (χ1) is 12.5. The number of piperidine rings is 1. The molecule has 0 radical (unpaired) electrons. The van der Waals surface area contributed by atoms with Crippen LogP contribution < -0.4 is 10.6 Å². The van der Waals surface area contributed by atoms with Crippen LogP contribution in [0.15, 0.2) is 41.8 Å². The Morgan fingerprint density at radius 1 is 1.12 bits per heavy atom. The van der Waals surface area contributed by atoms with E-state index in [2.05, 4.69) is 10.6 Å². The van der Waals surface area contributed by atoms with Gasteiger partial charge in [0.25, 0.3) is 11.8 Å². The second-order valence-electron chi connectivity index (χ2n) is 6.28. The molecule has 0 unspecified atom stereocenters. The van der Waals surface area contributed by atoms with Gasteiger partial charge in [0.05, 0.1) is 4.88 Å². The molecule has 0 saturated carbocycles. The van der Waals surface area contributed by atoms with Crippen LogP contribution in [-0.2, 0) is 4.79 Å². The monoisotopic (exact) mass is 371 g/mol. The normalized spacial score (nSPS) is 14.7. The molecule has 26 heavy (non-hydrogen) atoms. The topological polar surface area (TPSA) is 78.5 Å². The second kappa shape index (κ2) is 8.14. The first-order valence-electron chi connectivity index (χ1n) is 8.54. The molecule has 2 aromatic rings. The minimum Gasteiger partial charge on any atom is -0.348 e. The summed E-state index contributed by atoms with van der Waals surface area (Å²) in [6.45, 7) is 2.63. The van der Waals surface area contributed by atoms with Crippen molar-refractivity contribution in [1.82, 2.24) is 10.2 Å². The summed E-state index contributed by atoms with van der Waals surface area (Å²) in [7, 11) is 0. The summed E-state index contributed by atoms with van der Waals surface area (Å²) in [5.41, 5.74) is 1.17. The van der Waals surface area contributed by atoms with Crippen molar-refractivity contribution in [2.24, 2.45) is 0 Å². The summed E-state index contributed by atoms with van der Waals surface area (Å²) in [4.78, 5) is 38.5. The van der Waals surface area contributed by atoms with E-state index < -0.39 is 0 Å². The molecule has 0 bridgehead atoms. The number of thiophene rings is 1. The quantitative estimate of drug-likeness (QED) is 0.867. The van der Waals surface area contributed by atoms with Gasteiger partial charge in [-0.2, -0.15) is 0 Å². The van der Waals surface area contributed by atoms with Crippen LogP contribution in [0.4, 0.5) is 5.69 Å². The molecule has 1 fully saturated rings. The number of anilines is 1. The molecule has 1 aliphatic heterocycles. The molecule has 1 aromatic carbocycles. The third-order valence-electron chi connectivity index (χ3n) is 4.29. The van der Waals surface area contributed by atoms with E-state index in [0.717, 1.165) is 12.8 Å². The summed E-state index contributed by atoms with van der Waals surface area (Å²) in [6, 6.07) is 10.7. The Morgan fingerprint density at radius 2 is 1.88 bits per heavy atom. The van der Waals surface area contributed by atoms with Crippen LogP contribution in [0, 0.1) is 0 Å². The van der Waals surface area contributed by atoms with Gasteiger partial charge >= 0.3 is 0 Å². The highest BCUT2D eigenvalue weighted by Gasteiger charge is 2.25. The van der Waals surface area contributed by atoms with Crippen molar-refractivity contribution in [2.45, 2.75) is 25.8 Å². The zero-order valence-electron chi connectivity index (χ0n) is 14.5. The van der Waals surface area contributed by atoms with Crippen molar-refractivity contribution < 1.29 is 14.4 Å². The van der Waals surface area contributed by atoms with Crippen LogP contribution in [0.3, 0.4) is 0 Å². The molecule has 3 amide bonds. The molecule has 7 heteroatoms. The van der Waals surface area contributed by atoms with E-state index in [1.165, 1.54) is 18.3 Å². The van der Waals surface area contributed by atoms with Gasteiger partial charge in [-0.25, -0.2) is 0 Å². The minimum absolute atomic E-state index is 0.0483. The van der Waals surface area contributed by atoms with Crippen LogP contribution in [-0.4, -0.2) is 41.8 Å². The van der Waals surface area contributed by atoms with Gasteiger partial charge in [0.2, 0.25) is 5.91 Å². The molecule has 3 rings (SSSR count). The lowest BCUT2D eigenvalue weighted by Gasteiger charge is -2.32. The Balaban J connectivity index is 1.55. The molecule has 1 aromatic heterocycles. The fraction of sp³-hybridized carbons (Fsp3) is 0.316. The Labute approximate surface area is 156 Å². The van der Waals surface area contributed by atoms with E-state index in [1.54, 1.807) is 35.2 Å². The average molecular weight is 371 g/mol. The van der Waals surface area contributed by atoms with Gasteiger partial charge in [-0.1, -0.05) is 12.1 Å². The van der Waals surface area contributed by atoms with E-state index in [0.29, 0.717) is 29.2 Å². The minimum atomic E-state index is -0.170. The van der Waals surface area contributed by atoms with Crippen LogP contribution in [0.1, 0.15) is 39.8 Å². The molecule has 2 N–H and O–H groups in total. The lowest BCUT2D eigenvalue weighted by molar-refractivity contribution is -0.114. The van der Waals surface area contributed by atoms with E-state index >= 15 is 0 Å². The first-order valence-corrected chi connectivity index (χ1v) is 9.42. The number of hydrogen-bond donors (Lipinski definition) is 2. The van der Waals surface area contributed by atoms with Crippen molar-refractivity contribution in [1.29, 1.82) is 0 Å². The molecule has 2 heterocycles. The van der Waals surface area contributed by atoms with E-state index in [9.17, 15) is 14.4 Å². The van der Waals surface area contributed by atoms with Crippen LogP contribution in [0.5, 0.6) is 0 Å². The van der Waals surface area contributed by atoms with Crippen molar-refractivity contribution in [3.8, 4) is 0 Å². The van der Waals surface area contributed by atoms with Gasteiger partial charge < -0.3 is 15.5 Å². The lowest BCUT2D eigenvalue weighted by atomic mass is 10.0. The predicted molar refractivity (Wildman–Crippen MR) is 101 cm³/mol. The van der Waals surface area contributed by atoms with Crippen molar-refractivity contribution in [2.75, 3.05) is 18.4 Å². The molecule has 0 aliphatic carbocycles. The predicted octanol–water partition coefficient (Wildman–Crippen LogP) is 2.74. The third-order valence-corrected chi connectivity index (χ3v) is 5.16. The largest absolute Gasteiger partial charge is 0.348 e. The molecule has 136 valence electrons. The number of likely N-dealkylation sites (tertiary alicyclic amines) is 1. The Hall–Kier alpha value is -2.67. The molecular weight excluding hydrogens is 350 g/mol. The van der Waals surface area contributed by atoms with Crippen molar-refractivity contribution in [3.63, 3.8) is 0 Å². The summed E-state index contributed by atoms with van der Waals surface area (Å²) in [5, 5.41) is 7.61. The SMILES string of the molecule is CC(=O)Nc1cccc(C(=O)N2CCC(NC(=O)c3cccs3)CC2)c1. The second-order valence-corrected chi connectivity index (χ2v) is 7.23. The summed E-state index contributed by atoms with van der Waals surface area (Å²) < 4.78 is 0. The molecule has 0 spiro atoms. The molecular formula is C19H21N3O3S. The van der Waals surface area contributed by atoms with E-state index in [1.807, 2.05) is 11.4 Å². The number of carbonyl (C=O) groups excluding carboxylic acids is 3. The number of carbonyl (C=O) groups is 3. The standard InChI is InChI=1S/C19H21N3O3S/c1-13(23)20-16-5-2-4-14(12-16)19(25)22-9-7-15(8-10-22)21-18(24)17-6-3-11-26-17/h2-6,11-12,15H,7-10H2,1H3,(H,20,23)(H,21,24). The van der Waals surface area contributed by atoms with Crippen molar-refractivity contribution in [3.05, 3.63) is 52.2 Å². The number of rotatable bonds is 4. The maximum atomic E-state index is 12.7. The first kappa shape index (κ1) is 18.1. The Bertz CT molecular complexity index is 796. The molecule has 6 nitrogen and oxygen atoms in total. The molecule has 1 aliphatic rings. The van der Waals surface area contributed by atoms with Crippen LogP contribution >= 0.6 is 11.3 Å². The smallest absolute Gasteiger partial charge is 0.261 e. The summed E-state index contributed by atoms with van der Waals surface area (Å²) in [6.07, 6.45) is 1.46. The van der Waals surface area contributed by atoms with Crippen LogP contribution in [0.2, 0.25) is 0 Å². The van der Waals surface area contributed by atoms with Crippen molar-refractivity contribution >= 4 is 34.7 Å². The third kappa shape index (κ3) is 4.49.